The highest BCUT2D eigenvalue weighted by molar-refractivity contribution is 8.19. The lowest BCUT2D eigenvalue weighted by molar-refractivity contribution is -0.113. The number of para-hydroxylation sites is 2. The van der Waals surface area contributed by atoms with Crippen molar-refractivity contribution in [3.05, 3.63) is 125 Å². The highest BCUT2D eigenvalue weighted by Gasteiger charge is 2.34. The zero-order valence-electron chi connectivity index (χ0n) is 19.2. The standard InChI is InChI=1S/C28H19ClN2O4S2/c29-24-18-20(16-17-25(24)35-37(33,34)23-14-8-3-9-15-23)19-26-27(32)31(22-12-6-2-7-13-22)28(36-26)30-21-10-4-1-5-11-21/h1-19H/b26-19+,30-28?. The number of benzene rings is 4. The number of carbonyl (C=O) groups excluding carboxylic acids is 1. The van der Waals surface area contributed by atoms with Crippen LogP contribution in [0.1, 0.15) is 5.56 Å². The molecule has 1 fully saturated rings. The number of thioether (sulfide) groups is 1. The number of hydrogen-bond donors (Lipinski definition) is 0. The lowest BCUT2D eigenvalue weighted by Gasteiger charge is -2.15. The summed E-state index contributed by atoms with van der Waals surface area (Å²) in [6.45, 7) is 0. The van der Waals surface area contributed by atoms with E-state index in [-0.39, 0.29) is 21.6 Å². The summed E-state index contributed by atoms with van der Waals surface area (Å²) in [6, 6.07) is 31.2. The topological polar surface area (TPSA) is 76.0 Å². The van der Waals surface area contributed by atoms with Crippen LogP contribution in [0.5, 0.6) is 5.75 Å². The third-order valence-electron chi connectivity index (χ3n) is 5.29. The predicted octanol–water partition coefficient (Wildman–Crippen LogP) is 6.92. The lowest BCUT2D eigenvalue weighted by atomic mass is 10.2. The first-order valence-electron chi connectivity index (χ1n) is 11.1. The first-order chi connectivity index (χ1) is 17.9. The molecule has 0 bridgehead atoms. The molecule has 1 aliphatic rings. The van der Waals surface area contributed by atoms with Gasteiger partial charge in [-0.2, -0.15) is 8.42 Å². The minimum atomic E-state index is -4.04. The molecule has 1 aliphatic heterocycles. The van der Waals surface area contributed by atoms with E-state index in [1.54, 1.807) is 41.3 Å². The molecule has 9 heteroatoms. The Morgan fingerprint density at radius 1 is 0.838 bits per heavy atom. The van der Waals surface area contributed by atoms with Gasteiger partial charge in [-0.25, -0.2) is 4.99 Å². The molecule has 0 aromatic heterocycles. The molecule has 6 nitrogen and oxygen atoms in total. The largest absolute Gasteiger partial charge is 0.377 e. The van der Waals surface area contributed by atoms with Crippen molar-refractivity contribution in [2.45, 2.75) is 4.90 Å². The first-order valence-corrected chi connectivity index (χ1v) is 13.7. The number of nitrogens with zero attached hydrogens (tertiary/aromatic N) is 2. The monoisotopic (exact) mass is 546 g/mol. The van der Waals surface area contributed by atoms with Gasteiger partial charge in [0.2, 0.25) is 0 Å². The number of hydrogen-bond acceptors (Lipinski definition) is 6. The molecule has 0 aliphatic carbocycles. The van der Waals surface area contributed by atoms with Crippen molar-refractivity contribution in [3.8, 4) is 5.75 Å². The number of amides is 1. The molecule has 37 heavy (non-hydrogen) atoms. The number of halogens is 1. The van der Waals surface area contributed by atoms with Crippen molar-refractivity contribution in [1.82, 2.24) is 0 Å². The maximum atomic E-state index is 13.4. The molecule has 0 saturated carbocycles. The summed E-state index contributed by atoms with van der Waals surface area (Å²) in [4.78, 5) is 20.1. The smallest absolute Gasteiger partial charge is 0.339 e. The van der Waals surface area contributed by atoms with Crippen LogP contribution < -0.4 is 9.08 Å². The average molecular weight is 547 g/mol. The Morgan fingerprint density at radius 3 is 2.11 bits per heavy atom. The molecule has 0 N–H and O–H groups in total. The fraction of sp³-hybridized carbons (Fsp3) is 0. The van der Waals surface area contributed by atoms with Crippen LogP contribution in [0.25, 0.3) is 6.08 Å². The summed E-state index contributed by atoms with van der Waals surface area (Å²) in [5.74, 6) is -0.232. The van der Waals surface area contributed by atoms with Gasteiger partial charge in [0.15, 0.2) is 10.9 Å². The summed E-state index contributed by atoms with van der Waals surface area (Å²) < 4.78 is 30.4. The summed E-state index contributed by atoms with van der Waals surface area (Å²) in [6.07, 6.45) is 1.69. The van der Waals surface area contributed by atoms with Crippen molar-refractivity contribution < 1.29 is 17.4 Å². The Morgan fingerprint density at radius 2 is 1.46 bits per heavy atom. The molecule has 0 radical (unpaired) electrons. The van der Waals surface area contributed by atoms with Gasteiger partial charge in [-0.15, -0.1) is 0 Å². The molecule has 5 rings (SSSR count). The van der Waals surface area contributed by atoms with Crippen molar-refractivity contribution >= 4 is 62.0 Å². The molecule has 0 spiro atoms. The van der Waals surface area contributed by atoms with E-state index in [1.165, 1.54) is 30.0 Å². The van der Waals surface area contributed by atoms with Crippen molar-refractivity contribution in [2.75, 3.05) is 4.90 Å². The summed E-state index contributed by atoms with van der Waals surface area (Å²) in [5, 5.41) is 0.621. The summed E-state index contributed by atoms with van der Waals surface area (Å²) in [5.41, 5.74) is 2.04. The van der Waals surface area contributed by atoms with E-state index in [0.29, 0.717) is 21.3 Å². The van der Waals surface area contributed by atoms with Crippen LogP contribution in [0, 0.1) is 0 Å². The van der Waals surface area contributed by atoms with E-state index in [1.807, 2.05) is 60.7 Å². The Bertz CT molecular complexity index is 1610. The van der Waals surface area contributed by atoms with Gasteiger partial charge < -0.3 is 4.18 Å². The number of anilines is 1. The second kappa shape index (κ2) is 10.6. The third-order valence-corrected chi connectivity index (χ3v) is 7.80. The van der Waals surface area contributed by atoms with E-state index in [4.69, 9.17) is 20.8 Å². The van der Waals surface area contributed by atoms with Gasteiger partial charge in [0.1, 0.15) is 4.90 Å². The van der Waals surface area contributed by atoms with Gasteiger partial charge in [-0.1, -0.05) is 72.3 Å². The zero-order chi connectivity index (χ0) is 25.8. The van der Waals surface area contributed by atoms with Crippen LogP contribution >= 0.6 is 23.4 Å². The van der Waals surface area contributed by atoms with E-state index >= 15 is 0 Å². The van der Waals surface area contributed by atoms with Crippen molar-refractivity contribution in [2.24, 2.45) is 4.99 Å². The van der Waals surface area contributed by atoms with Crippen molar-refractivity contribution in [1.29, 1.82) is 0 Å². The highest BCUT2D eigenvalue weighted by atomic mass is 35.5. The van der Waals surface area contributed by atoms with Gasteiger partial charge in [0.25, 0.3) is 5.91 Å². The molecule has 0 atom stereocenters. The molecule has 184 valence electrons. The maximum absolute atomic E-state index is 13.4. The van der Waals surface area contributed by atoms with Crippen LogP contribution in [0.15, 0.2) is 124 Å². The molecular weight excluding hydrogens is 528 g/mol. The van der Waals surface area contributed by atoms with Gasteiger partial charge in [-0.05, 0) is 71.9 Å². The first kappa shape index (κ1) is 24.8. The van der Waals surface area contributed by atoms with Crippen LogP contribution in [0.2, 0.25) is 5.02 Å². The third kappa shape index (κ3) is 5.61. The minimum absolute atomic E-state index is 0.00434. The van der Waals surface area contributed by atoms with Gasteiger partial charge in [0, 0.05) is 0 Å². The minimum Gasteiger partial charge on any atom is -0.377 e. The normalized spacial score (nSPS) is 15.9. The summed E-state index contributed by atoms with van der Waals surface area (Å²) >= 11 is 7.61. The fourth-order valence-electron chi connectivity index (χ4n) is 3.55. The predicted molar refractivity (Wildman–Crippen MR) is 149 cm³/mol. The SMILES string of the molecule is O=C1/C(=C\c2ccc(OS(=O)(=O)c3ccccc3)c(Cl)c2)SC(=Nc2ccccc2)N1c1ccccc1. The van der Waals surface area contributed by atoms with Crippen LogP contribution in [-0.2, 0) is 14.9 Å². The molecule has 1 amide bonds. The average Bonchev–Trinajstić information content (AvgIpc) is 3.21. The Labute approximate surface area is 224 Å². The van der Waals surface area contributed by atoms with E-state index in [0.717, 1.165) is 5.69 Å². The summed E-state index contributed by atoms with van der Waals surface area (Å²) in [7, 11) is -4.04. The number of rotatable bonds is 6. The van der Waals surface area contributed by atoms with Crippen LogP contribution in [-0.4, -0.2) is 19.5 Å². The van der Waals surface area contributed by atoms with E-state index < -0.39 is 10.1 Å². The van der Waals surface area contributed by atoms with Gasteiger partial charge in [0.05, 0.1) is 21.3 Å². The van der Waals surface area contributed by atoms with Crippen LogP contribution in [0.4, 0.5) is 11.4 Å². The van der Waals surface area contributed by atoms with Gasteiger partial charge in [-0.3, -0.25) is 9.69 Å². The second-order valence-corrected chi connectivity index (χ2v) is 10.8. The molecular formula is C28H19ClN2O4S2. The molecule has 1 heterocycles. The molecule has 1 saturated heterocycles. The van der Waals surface area contributed by atoms with Crippen molar-refractivity contribution in [3.63, 3.8) is 0 Å². The quantitative estimate of drug-likeness (QED) is 0.194. The number of carbonyl (C=O) groups is 1. The highest BCUT2D eigenvalue weighted by Crippen LogP contribution is 2.38. The van der Waals surface area contributed by atoms with Crippen LogP contribution in [0.3, 0.4) is 0 Å². The maximum Gasteiger partial charge on any atom is 0.339 e. The Kier molecular flexibility index (Phi) is 7.14. The van der Waals surface area contributed by atoms with E-state index in [2.05, 4.69) is 0 Å². The van der Waals surface area contributed by atoms with E-state index in [9.17, 15) is 13.2 Å². The Balaban J connectivity index is 1.45. The molecule has 4 aromatic rings. The molecule has 0 unspecified atom stereocenters. The number of amidine groups is 1. The Hall–Kier alpha value is -3.85. The second-order valence-electron chi connectivity index (χ2n) is 7.86. The fourth-order valence-corrected chi connectivity index (χ4v) is 5.79. The number of aliphatic imine (C=N–C) groups is 1. The molecule has 4 aromatic carbocycles. The van der Waals surface area contributed by atoms with Gasteiger partial charge >= 0.3 is 10.1 Å². The zero-order valence-corrected chi connectivity index (χ0v) is 21.6. The lowest BCUT2D eigenvalue weighted by Crippen LogP contribution is -2.28.